The molecule has 0 aliphatic carbocycles. The number of pyridine rings is 1. The second-order valence-electron chi connectivity index (χ2n) is 7.43. The van der Waals surface area contributed by atoms with Crippen LogP contribution in [0.4, 0.5) is 0 Å². The Morgan fingerprint density at radius 3 is 2.79 bits per heavy atom. The minimum absolute atomic E-state index is 0.0152. The summed E-state index contributed by atoms with van der Waals surface area (Å²) in [7, 11) is 0. The van der Waals surface area contributed by atoms with Crippen molar-refractivity contribution < 1.29 is 19.7 Å². The summed E-state index contributed by atoms with van der Waals surface area (Å²) in [6, 6.07) is 7.65. The van der Waals surface area contributed by atoms with E-state index in [2.05, 4.69) is 9.72 Å². The number of fused-ring (bicyclic) bond motifs is 4. The first-order valence-corrected chi connectivity index (χ1v) is 9.79. The highest BCUT2D eigenvalue weighted by molar-refractivity contribution is 6.09. The smallest absolute Gasteiger partial charge is 0.198 e. The fourth-order valence-electron chi connectivity index (χ4n) is 4.29. The van der Waals surface area contributed by atoms with Crippen molar-refractivity contribution in [3.8, 4) is 5.75 Å². The molecule has 8 heteroatoms. The number of benzene rings is 2. The molecule has 1 aliphatic heterocycles. The zero-order valence-corrected chi connectivity index (χ0v) is 15.8. The monoisotopic (exact) mass is 395 g/mol. The number of ether oxygens (including phenoxy) is 1. The van der Waals surface area contributed by atoms with Crippen LogP contribution in [-0.4, -0.2) is 31.9 Å². The van der Waals surface area contributed by atoms with E-state index in [1.165, 1.54) is 0 Å². The summed E-state index contributed by atoms with van der Waals surface area (Å²) in [6.07, 6.45) is 5.85. The van der Waals surface area contributed by atoms with Crippen molar-refractivity contribution in [3.05, 3.63) is 46.2 Å². The summed E-state index contributed by atoms with van der Waals surface area (Å²) in [5.74, 6) is 0.735. The van der Waals surface area contributed by atoms with Crippen molar-refractivity contribution in [1.82, 2.24) is 15.0 Å². The summed E-state index contributed by atoms with van der Waals surface area (Å²) < 4.78 is 13.1. The van der Waals surface area contributed by atoms with Gasteiger partial charge in [-0.25, -0.2) is 0 Å². The van der Waals surface area contributed by atoms with Crippen molar-refractivity contribution in [2.24, 2.45) is 0 Å². The number of nitrogens with zero attached hydrogens (tertiary/aromatic N) is 3. The molecule has 4 aromatic rings. The van der Waals surface area contributed by atoms with Gasteiger partial charge in [-0.2, -0.15) is 0 Å². The molecule has 0 radical (unpaired) electrons. The lowest BCUT2D eigenvalue weighted by Gasteiger charge is -2.11. The van der Waals surface area contributed by atoms with Crippen LogP contribution in [0.3, 0.4) is 0 Å². The number of hydrogen-bond donors (Lipinski definition) is 2. The van der Waals surface area contributed by atoms with Crippen molar-refractivity contribution in [2.75, 3.05) is 6.54 Å². The van der Waals surface area contributed by atoms with Gasteiger partial charge in [0, 0.05) is 0 Å². The fourth-order valence-corrected chi connectivity index (χ4v) is 4.29. The molecule has 0 saturated heterocycles. The van der Waals surface area contributed by atoms with Gasteiger partial charge in [-0.05, 0) is 43.0 Å². The third kappa shape index (κ3) is 2.96. The van der Waals surface area contributed by atoms with Gasteiger partial charge < -0.3 is 13.8 Å². The zero-order valence-electron chi connectivity index (χ0n) is 15.8. The van der Waals surface area contributed by atoms with E-state index in [0.29, 0.717) is 29.5 Å². The van der Waals surface area contributed by atoms with Crippen LogP contribution in [-0.2, 0) is 13.2 Å². The van der Waals surface area contributed by atoms with E-state index in [1.807, 2.05) is 24.3 Å². The van der Waals surface area contributed by atoms with Gasteiger partial charge in [-0.1, -0.05) is 29.3 Å². The molecule has 3 heterocycles. The van der Waals surface area contributed by atoms with E-state index in [-0.39, 0.29) is 17.2 Å². The molecule has 2 aromatic heterocycles. The van der Waals surface area contributed by atoms with Crippen LogP contribution >= 0.6 is 0 Å². The maximum atomic E-state index is 13.6. The molecule has 0 unspecified atom stereocenters. The summed E-state index contributed by atoms with van der Waals surface area (Å²) in [4.78, 5) is 13.6. The number of hydrogen-bond acceptors (Lipinski definition) is 7. The van der Waals surface area contributed by atoms with Crippen LogP contribution in [0.1, 0.15) is 31.2 Å². The van der Waals surface area contributed by atoms with Gasteiger partial charge in [0.1, 0.15) is 5.75 Å². The topological polar surface area (TPSA) is 101 Å². The molecular formula is C21H21N3O5. The van der Waals surface area contributed by atoms with Crippen molar-refractivity contribution in [3.63, 3.8) is 0 Å². The molecular weight excluding hydrogens is 374 g/mol. The normalized spacial score (nSPS) is 13.2. The lowest BCUT2D eigenvalue weighted by atomic mass is 9.98. The molecule has 2 aromatic carbocycles. The predicted octanol–water partition coefficient (Wildman–Crippen LogP) is 3.83. The van der Waals surface area contributed by atoms with Crippen LogP contribution < -0.4 is 10.2 Å². The van der Waals surface area contributed by atoms with Crippen molar-refractivity contribution in [1.29, 1.82) is 0 Å². The molecule has 0 atom stereocenters. The zero-order chi connectivity index (χ0) is 20.0. The summed E-state index contributed by atoms with van der Waals surface area (Å²) >= 11 is 0. The highest BCUT2D eigenvalue weighted by Gasteiger charge is 2.23. The predicted molar refractivity (Wildman–Crippen MR) is 106 cm³/mol. The van der Waals surface area contributed by atoms with E-state index in [0.717, 1.165) is 53.4 Å². The Labute approximate surface area is 165 Å². The van der Waals surface area contributed by atoms with Crippen molar-refractivity contribution >= 4 is 32.8 Å². The van der Waals surface area contributed by atoms with Gasteiger partial charge in [0.15, 0.2) is 17.7 Å². The molecule has 0 saturated carbocycles. The first-order chi connectivity index (χ1) is 14.1. The van der Waals surface area contributed by atoms with Gasteiger partial charge >= 0.3 is 0 Å². The van der Waals surface area contributed by atoms with E-state index in [1.54, 1.807) is 6.20 Å². The Morgan fingerprint density at radius 1 is 1.07 bits per heavy atom. The third-order valence-electron chi connectivity index (χ3n) is 5.66. The van der Waals surface area contributed by atoms with E-state index in [9.17, 15) is 4.79 Å². The van der Waals surface area contributed by atoms with Gasteiger partial charge in [0.25, 0.3) is 0 Å². The number of rotatable bonds is 7. The molecule has 150 valence electrons. The first kappa shape index (κ1) is 18.1. The minimum atomic E-state index is -0.0152. The van der Waals surface area contributed by atoms with E-state index >= 15 is 0 Å². The summed E-state index contributed by atoms with van der Waals surface area (Å²) in [5, 5.41) is 23.7. The minimum Gasteiger partial charge on any atom is -0.471 e. The highest BCUT2D eigenvalue weighted by Crippen LogP contribution is 2.36. The maximum absolute atomic E-state index is 13.6. The summed E-state index contributed by atoms with van der Waals surface area (Å²) in [5.41, 5.74) is 3.27. The van der Waals surface area contributed by atoms with Crippen LogP contribution in [0.2, 0.25) is 0 Å². The van der Waals surface area contributed by atoms with Gasteiger partial charge in [-0.15, -0.1) is 0 Å². The van der Waals surface area contributed by atoms with Gasteiger partial charge in [0.2, 0.25) is 0 Å². The molecule has 5 rings (SSSR count). The number of unbranched alkanes of at least 4 members (excludes halogenated alkanes) is 3. The Morgan fingerprint density at radius 2 is 1.93 bits per heavy atom. The molecule has 29 heavy (non-hydrogen) atoms. The Balaban J connectivity index is 1.57. The van der Waals surface area contributed by atoms with Crippen molar-refractivity contribution in [2.45, 2.75) is 38.8 Å². The fraction of sp³-hybridized carbons (Fsp3) is 0.333. The molecule has 0 spiro atoms. The van der Waals surface area contributed by atoms with E-state index in [4.69, 9.17) is 19.7 Å². The van der Waals surface area contributed by atoms with Crippen LogP contribution in [0.5, 0.6) is 5.75 Å². The number of aromatic nitrogens is 2. The Kier molecular flexibility index (Phi) is 4.46. The summed E-state index contributed by atoms with van der Waals surface area (Å²) in [6.45, 7) is 0.613. The highest BCUT2D eigenvalue weighted by atomic mass is 16.8. The SMILES string of the molecule is O=c1c2c(CCCCCCN(O)O)ccc3c2n(c2ccc4oncc4c12)CO3. The third-order valence-corrected chi connectivity index (χ3v) is 5.66. The number of aryl methyl sites for hydroxylation is 1. The van der Waals surface area contributed by atoms with E-state index < -0.39 is 0 Å². The van der Waals surface area contributed by atoms with Gasteiger partial charge in [0.05, 0.1) is 39.9 Å². The lowest BCUT2D eigenvalue weighted by molar-refractivity contribution is -0.306. The Bertz CT molecular complexity index is 1270. The average Bonchev–Trinajstić information content (AvgIpc) is 3.35. The second kappa shape index (κ2) is 7.14. The number of hydroxylamine groups is 2. The maximum Gasteiger partial charge on any atom is 0.198 e. The quantitative estimate of drug-likeness (QED) is 0.279. The molecule has 1 aliphatic rings. The lowest BCUT2D eigenvalue weighted by Crippen LogP contribution is -2.14. The molecule has 0 fully saturated rings. The second-order valence-corrected chi connectivity index (χ2v) is 7.43. The van der Waals surface area contributed by atoms with Crippen LogP contribution in [0.25, 0.3) is 32.8 Å². The largest absolute Gasteiger partial charge is 0.471 e. The average molecular weight is 395 g/mol. The molecule has 8 nitrogen and oxygen atoms in total. The molecule has 0 bridgehead atoms. The molecule has 0 amide bonds. The molecule has 2 N–H and O–H groups in total. The van der Waals surface area contributed by atoms with Gasteiger partial charge in [-0.3, -0.25) is 15.2 Å². The van der Waals surface area contributed by atoms with Crippen LogP contribution in [0.15, 0.2) is 39.8 Å². The standard InChI is InChI=1S/C21H21N3O5/c25-21-18-13(5-3-1-2-4-10-24(26)27)6-8-17-20(18)23(12-28-17)15-7-9-16-14(19(15)21)11-22-29-16/h6-9,11,26-27H,1-5,10,12H2. The Hall–Kier alpha value is -2.94. The first-order valence-electron chi connectivity index (χ1n) is 9.79. The van der Waals surface area contributed by atoms with Crippen LogP contribution in [0, 0.1) is 0 Å².